The number of fused-ring (bicyclic) bond motifs is 1. The summed E-state index contributed by atoms with van der Waals surface area (Å²) in [5, 5.41) is 0. The molecule has 162 valence electrons. The van der Waals surface area contributed by atoms with Crippen LogP contribution in [0.2, 0.25) is 0 Å². The van der Waals surface area contributed by atoms with E-state index < -0.39 is 5.95 Å². The Labute approximate surface area is 181 Å². The number of aromatic nitrogens is 2. The summed E-state index contributed by atoms with van der Waals surface area (Å²) in [6, 6.07) is 5.30. The minimum absolute atomic E-state index is 0.157. The molecule has 0 bridgehead atoms. The normalized spacial score (nSPS) is 16.8. The highest BCUT2D eigenvalue weighted by atomic mass is 19.1. The first-order chi connectivity index (χ1) is 15.0. The zero-order valence-electron chi connectivity index (χ0n) is 18.0. The Bertz CT molecular complexity index is 1040. The Morgan fingerprint density at radius 1 is 1.16 bits per heavy atom. The highest BCUT2D eigenvalue weighted by Gasteiger charge is 2.23. The number of nitrogens with zero attached hydrogens (tertiary/aromatic N) is 4. The number of halogens is 1. The second-order valence-corrected chi connectivity index (χ2v) is 8.04. The monoisotopic (exact) mass is 422 g/mol. The molecule has 0 aromatic carbocycles. The van der Waals surface area contributed by atoms with Gasteiger partial charge in [0, 0.05) is 51.8 Å². The van der Waals surface area contributed by atoms with Crippen molar-refractivity contribution in [3.63, 3.8) is 0 Å². The molecule has 3 heterocycles. The van der Waals surface area contributed by atoms with Gasteiger partial charge in [-0.25, -0.2) is 4.98 Å². The number of hydrogen-bond acceptors (Lipinski definition) is 6. The van der Waals surface area contributed by atoms with E-state index in [2.05, 4.69) is 14.9 Å². The molecule has 6 nitrogen and oxygen atoms in total. The van der Waals surface area contributed by atoms with Gasteiger partial charge in [0.2, 0.25) is 5.95 Å². The zero-order chi connectivity index (χ0) is 22.0. The van der Waals surface area contributed by atoms with Gasteiger partial charge in [-0.3, -0.25) is 19.5 Å². The zero-order valence-corrected chi connectivity index (χ0v) is 18.0. The number of pyridine rings is 2. The van der Waals surface area contributed by atoms with E-state index in [1.165, 1.54) is 0 Å². The van der Waals surface area contributed by atoms with Gasteiger partial charge < -0.3 is 4.90 Å². The minimum atomic E-state index is -0.590. The van der Waals surface area contributed by atoms with E-state index in [1.54, 1.807) is 19.1 Å². The van der Waals surface area contributed by atoms with Gasteiger partial charge in [-0.2, -0.15) is 4.39 Å². The van der Waals surface area contributed by atoms with Crippen molar-refractivity contribution < 1.29 is 14.0 Å². The molecular formula is C24H27FN4O2. The fourth-order valence-corrected chi connectivity index (χ4v) is 4.16. The largest absolute Gasteiger partial charge is 0.365 e. The average Bonchev–Trinajstić information content (AvgIpc) is 2.78. The van der Waals surface area contributed by atoms with Crippen molar-refractivity contribution in [2.45, 2.75) is 39.7 Å². The number of Topliss-reactive ketones (excluding diaryl/α,β-unsaturated/α-hetero) is 2. The fourth-order valence-electron chi connectivity index (χ4n) is 4.16. The fraction of sp³-hybridized carbons (Fsp3) is 0.417. The Morgan fingerprint density at radius 2 is 1.94 bits per heavy atom. The third kappa shape index (κ3) is 4.56. The standard InChI is InChI=1S/C24H27FN4O2/c1-3-16-11-18-14-26-19(12-17(18)13-23(16)31)15-28-7-9-29(10-8-28)21-6-5-20(22(30)4-2)27-24(21)25/h5-6,11-12,14H,3-4,7-10,13,15H2,1-2H3. The van der Waals surface area contributed by atoms with Crippen LogP contribution in [0.4, 0.5) is 10.1 Å². The van der Waals surface area contributed by atoms with Gasteiger partial charge in [-0.1, -0.05) is 13.8 Å². The van der Waals surface area contributed by atoms with E-state index in [1.807, 2.05) is 30.2 Å². The molecule has 7 heteroatoms. The third-order valence-corrected chi connectivity index (χ3v) is 6.04. The van der Waals surface area contributed by atoms with Crippen LogP contribution in [-0.2, 0) is 17.8 Å². The van der Waals surface area contributed by atoms with Crippen LogP contribution in [0, 0.1) is 5.95 Å². The molecule has 1 fully saturated rings. The molecule has 1 aliphatic heterocycles. The predicted octanol–water partition coefficient (Wildman–Crippen LogP) is 3.45. The average molecular weight is 423 g/mol. The van der Waals surface area contributed by atoms with Crippen molar-refractivity contribution in [2.24, 2.45) is 0 Å². The number of ketones is 2. The van der Waals surface area contributed by atoms with E-state index in [0.29, 0.717) is 38.2 Å². The molecule has 31 heavy (non-hydrogen) atoms. The molecule has 1 aliphatic carbocycles. The molecule has 4 rings (SSSR count). The van der Waals surface area contributed by atoms with Gasteiger partial charge in [0.1, 0.15) is 5.69 Å². The van der Waals surface area contributed by atoms with E-state index in [9.17, 15) is 14.0 Å². The SMILES string of the molecule is CCC(=O)c1ccc(N2CCN(Cc3cc4c(cn3)C=C(CC)C(=O)C4)CC2)c(F)n1. The van der Waals surface area contributed by atoms with Crippen molar-refractivity contribution in [2.75, 3.05) is 31.1 Å². The van der Waals surface area contributed by atoms with Crippen molar-refractivity contribution in [1.82, 2.24) is 14.9 Å². The highest BCUT2D eigenvalue weighted by molar-refractivity contribution is 6.03. The second kappa shape index (κ2) is 9.06. The summed E-state index contributed by atoms with van der Waals surface area (Å²) in [4.78, 5) is 36.6. The molecular weight excluding hydrogens is 395 g/mol. The summed E-state index contributed by atoms with van der Waals surface area (Å²) in [5.74, 6) is -0.549. The third-order valence-electron chi connectivity index (χ3n) is 6.04. The summed E-state index contributed by atoms with van der Waals surface area (Å²) in [7, 11) is 0. The minimum Gasteiger partial charge on any atom is -0.365 e. The summed E-state index contributed by atoms with van der Waals surface area (Å²) < 4.78 is 14.5. The van der Waals surface area contributed by atoms with Gasteiger partial charge >= 0.3 is 0 Å². The highest BCUT2D eigenvalue weighted by Crippen LogP contribution is 2.25. The van der Waals surface area contributed by atoms with Crippen LogP contribution in [0.1, 0.15) is 54.0 Å². The number of anilines is 1. The van der Waals surface area contributed by atoms with E-state index in [4.69, 9.17) is 0 Å². The number of allylic oxidation sites excluding steroid dienone is 1. The van der Waals surface area contributed by atoms with Gasteiger partial charge in [0.25, 0.3) is 0 Å². The molecule has 1 saturated heterocycles. The number of hydrogen-bond donors (Lipinski definition) is 0. The van der Waals surface area contributed by atoms with Crippen LogP contribution in [0.5, 0.6) is 0 Å². The van der Waals surface area contributed by atoms with Crippen LogP contribution in [0.3, 0.4) is 0 Å². The topological polar surface area (TPSA) is 66.4 Å². The van der Waals surface area contributed by atoms with Crippen molar-refractivity contribution in [3.8, 4) is 0 Å². The van der Waals surface area contributed by atoms with Crippen LogP contribution < -0.4 is 4.90 Å². The van der Waals surface area contributed by atoms with Crippen LogP contribution in [-0.4, -0.2) is 52.6 Å². The van der Waals surface area contributed by atoms with E-state index in [0.717, 1.165) is 41.9 Å². The lowest BCUT2D eigenvalue weighted by atomic mass is 9.91. The summed E-state index contributed by atoms with van der Waals surface area (Å²) in [5.41, 5.74) is 4.52. The number of rotatable bonds is 6. The maximum atomic E-state index is 14.5. The lowest BCUT2D eigenvalue weighted by Crippen LogP contribution is -2.46. The molecule has 0 N–H and O–H groups in total. The Hall–Kier alpha value is -2.93. The molecule has 0 saturated carbocycles. The van der Waals surface area contributed by atoms with Gasteiger partial charge in [-0.15, -0.1) is 0 Å². The molecule has 0 amide bonds. The number of carbonyl (C=O) groups excluding carboxylic acids is 2. The van der Waals surface area contributed by atoms with Gasteiger partial charge in [0.15, 0.2) is 11.6 Å². The molecule has 0 radical (unpaired) electrons. The van der Waals surface area contributed by atoms with Crippen LogP contribution in [0.15, 0.2) is 30.0 Å². The Kier molecular flexibility index (Phi) is 6.23. The first-order valence-corrected chi connectivity index (χ1v) is 10.9. The first kappa shape index (κ1) is 21.3. The number of carbonyl (C=O) groups is 2. The summed E-state index contributed by atoms with van der Waals surface area (Å²) in [6.45, 7) is 7.32. The molecule has 2 aromatic rings. The maximum Gasteiger partial charge on any atom is 0.237 e. The first-order valence-electron chi connectivity index (χ1n) is 10.9. The molecule has 0 atom stereocenters. The van der Waals surface area contributed by atoms with Crippen molar-refractivity contribution >= 4 is 23.3 Å². The lowest BCUT2D eigenvalue weighted by molar-refractivity contribution is -0.115. The van der Waals surface area contributed by atoms with E-state index in [-0.39, 0.29) is 17.3 Å². The van der Waals surface area contributed by atoms with E-state index >= 15 is 0 Å². The van der Waals surface area contributed by atoms with Crippen molar-refractivity contribution in [1.29, 1.82) is 0 Å². The second-order valence-electron chi connectivity index (χ2n) is 8.04. The number of piperazine rings is 1. The Morgan fingerprint density at radius 3 is 2.61 bits per heavy atom. The molecule has 0 spiro atoms. The summed E-state index contributed by atoms with van der Waals surface area (Å²) in [6.07, 6.45) is 5.33. The van der Waals surface area contributed by atoms with Crippen LogP contribution >= 0.6 is 0 Å². The van der Waals surface area contributed by atoms with Crippen LogP contribution in [0.25, 0.3) is 6.08 Å². The Balaban J connectivity index is 1.38. The van der Waals surface area contributed by atoms with Gasteiger partial charge in [0.05, 0.1) is 11.4 Å². The molecule has 2 aromatic heterocycles. The molecule has 0 unspecified atom stereocenters. The molecule has 2 aliphatic rings. The quantitative estimate of drug-likeness (QED) is 0.525. The van der Waals surface area contributed by atoms with Crippen molar-refractivity contribution in [3.05, 3.63) is 58.4 Å². The summed E-state index contributed by atoms with van der Waals surface area (Å²) >= 11 is 0. The predicted molar refractivity (Wildman–Crippen MR) is 118 cm³/mol. The smallest absolute Gasteiger partial charge is 0.237 e. The lowest BCUT2D eigenvalue weighted by Gasteiger charge is -2.36. The van der Waals surface area contributed by atoms with Gasteiger partial charge in [-0.05, 0) is 47.4 Å². The maximum absolute atomic E-state index is 14.5.